The smallest absolute Gasteiger partial charge is 0.306 e. The molecule has 0 bridgehead atoms. The van der Waals surface area contributed by atoms with Crippen molar-refractivity contribution in [3.05, 3.63) is 53.2 Å². The number of hydrogen-bond donors (Lipinski definition) is 1. The van der Waals surface area contributed by atoms with Crippen molar-refractivity contribution in [2.75, 3.05) is 58.4 Å². The van der Waals surface area contributed by atoms with Crippen LogP contribution in [0.4, 0.5) is 10.2 Å². The highest BCUT2D eigenvalue weighted by molar-refractivity contribution is 5.70. The Labute approximate surface area is 218 Å². The summed E-state index contributed by atoms with van der Waals surface area (Å²) in [5.41, 5.74) is 1.95. The number of halogens is 1. The molecule has 37 heavy (non-hydrogen) atoms. The van der Waals surface area contributed by atoms with E-state index in [1.54, 1.807) is 0 Å². The van der Waals surface area contributed by atoms with Gasteiger partial charge in [-0.25, -0.2) is 9.37 Å². The number of anilines is 1. The molecule has 2 saturated heterocycles. The molecule has 200 valence electrons. The molecule has 8 heteroatoms. The highest BCUT2D eigenvalue weighted by Gasteiger charge is 2.39. The summed E-state index contributed by atoms with van der Waals surface area (Å²) in [7, 11) is 1.41. The number of aryl methyl sites for hydroxylation is 2. The van der Waals surface area contributed by atoms with Crippen LogP contribution in [0.3, 0.4) is 0 Å². The maximum atomic E-state index is 15.8. The number of fused-ring (bicyclic) bond motifs is 1. The second-order valence-corrected chi connectivity index (χ2v) is 10.7. The fourth-order valence-corrected chi connectivity index (χ4v) is 5.47. The van der Waals surface area contributed by atoms with Crippen LogP contribution in [-0.4, -0.2) is 74.6 Å². The van der Waals surface area contributed by atoms with Gasteiger partial charge in [-0.2, -0.15) is 0 Å². The molecule has 1 N–H and O–H groups in total. The number of likely N-dealkylation sites (tertiary alicyclic amines) is 1. The Morgan fingerprint density at radius 2 is 2.22 bits per heavy atom. The van der Waals surface area contributed by atoms with Gasteiger partial charge in [0.15, 0.2) is 0 Å². The van der Waals surface area contributed by atoms with E-state index in [1.807, 2.05) is 30.3 Å². The summed E-state index contributed by atoms with van der Waals surface area (Å²) >= 11 is 0. The van der Waals surface area contributed by atoms with Crippen LogP contribution in [0.25, 0.3) is 0 Å². The zero-order valence-corrected chi connectivity index (χ0v) is 21.7. The number of aromatic nitrogens is 1. The third-order valence-electron chi connectivity index (χ3n) is 7.81. The van der Waals surface area contributed by atoms with Gasteiger partial charge in [0.05, 0.1) is 33.4 Å². The second-order valence-electron chi connectivity index (χ2n) is 10.7. The van der Waals surface area contributed by atoms with E-state index in [1.165, 1.54) is 12.7 Å². The maximum absolute atomic E-state index is 15.8. The lowest BCUT2D eigenvalue weighted by Crippen LogP contribution is -2.33. The van der Waals surface area contributed by atoms with Gasteiger partial charge >= 0.3 is 5.97 Å². The molecule has 5 rings (SSSR count). The molecule has 2 fully saturated rings. The van der Waals surface area contributed by atoms with Crippen LogP contribution in [-0.2, 0) is 27.1 Å². The molecule has 2 atom stereocenters. The number of ether oxygens (including phenoxy) is 3. The van der Waals surface area contributed by atoms with E-state index in [0.717, 1.165) is 55.4 Å². The quantitative estimate of drug-likeness (QED) is 0.454. The molecule has 7 nitrogen and oxygen atoms in total. The molecule has 0 radical (unpaired) electrons. The summed E-state index contributed by atoms with van der Waals surface area (Å²) in [5, 5.41) is 3.36. The van der Waals surface area contributed by atoms with Gasteiger partial charge < -0.3 is 19.5 Å². The molecule has 1 aromatic heterocycles. The number of carbonyl (C=O) groups is 1. The maximum Gasteiger partial charge on any atom is 0.306 e. The Kier molecular flexibility index (Phi) is 8.25. The van der Waals surface area contributed by atoms with Crippen molar-refractivity contribution in [1.29, 1.82) is 0 Å². The third-order valence-corrected chi connectivity index (χ3v) is 7.81. The minimum absolute atomic E-state index is 0.0984. The first-order chi connectivity index (χ1) is 18.0. The molecule has 1 aromatic carbocycles. The molecule has 2 aromatic rings. The van der Waals surface area contributed by atoms with Gasteiger partial charge in [-0.1, -0.05) is 18.2 Å². The van der Waals surface area contributed by atoms with E-state index < -0.39 is 5.67 Å². The normalized spacial score (nSPS) is 22.5. The van der Waals surface area contributed by atoms with Crippen molar-refractivity contribution >= 4 is 11.8 Å². The second kappa shape index (κ2) is 11.8. The number of carbonyl (C=O) groups excluding carboxylic acids is 1. The van der Waals surface area contributed by atoms with Crippen molar-refractivity contribution in [2.24, 2.45) is 5.92 Å². The van der Waals surface area contributed by atoms with E-state index in [4.69, 9.17) is 19.2 Å². The summed E-state index contributed by atoms with van der Waals surface area (Å²) in [6, 6.07) is 12.1. The topological polar surface area (TPSA) is 72.9 Å². The molecule has 0 spiro atoms. The van der Waals surface area contributed by atoms with Crippen LogP contribution >= 0.6 is 0 Å². The van der Waals surface area contributed by atoms with E-state index in [2.05, 4.69) is 16.3 Å². The summed E-state index contributed by atoms with van der Waals surface area (Å²) < 4.78 is 32.0. The lowest BCUT2D eigenvalue weighted by molar-refractivity contribution is -0.141. The molecule has 4 heterocycles. The Hall–Kier alpha value is -2.71. The van der Waals surface area contributed by atoms with Crippen LogP contribution in [0.1, 0.15) is 48.4 Å². The average molecular weight is 512 g/mol. The number of methoxy groups -OCH3 is 1. The summed E-state index contributed by atoms with van der Waals surface area (Å²) in [6.07, 6.45) is 3.99. The predicted molar refractivity (Wildman–Crippen MR) is 140 cm³/mol. The van der Waals surface area contributed by atoms with Crippen molar-refractivity contribution in [3.63, 3.8) is 0 Å². The SMILES string of the molecule is COC(=O)C[C@H](CN1CC[C@@](F)(CCc2ccc3c(n2)NCCC3)C1)c1cccc(OCC2COC2)c1. The van der Waals surface area contributed by atoms with Gasteiger partial charge in [-0.3, -0.25) is 9.69 Å². The molecule has 0 amide bonds. The predicted octanol–water partition coefficient (Wildman–Crippen LogP) is 4.16. The Balaban J connectivity index is 1.19. The van der Waals surface area contributed by atoms with Crippen LogP contribution in [0.15, 0.2) is 36.4 Å². The number of nitrogens with zero attached hydrogens (tertiary/aromatic N) is 2. The number of alkyl halides is 1. The minimum Gasteiger partial charge on any atom is -0.493 e. The van der Waals surface area contributed by atoms with Crippen molar-refractivity contribution in [3.8, 4) is 5.75 Å². The number of nitrogens with one attached hydrogen (secondary N) is 1. The number of pyridine rings is 1. The third kappa shape index (κ3) is 6.79. The largest absolute Gasteiger partial charge is 0.493 e. The molecule has 0 aliphatic carbocycles. The van der Waals surface area contributed by atoms with Crippen LogP contribution in [0, 0.1) is 5.92 Å². The van der Waals surface area contributed by atoms with Crippen LogP contribution in [0.2, 0.25) is 0 Å². The molecule has 3 aliphatic heterocycles. The number of hydrogen-bond acceptors (Lipinski definition) is 7. The fraction of sp³-hybridized carbons (Fsp3) is 0.586. The van der Waals surface area contributed by atoms with Crippen LogP contribution < -0.4 is 10.1 Å². The summed E-state index contributed by atoms with van der Waals surface area (Å²) in [4.78, 5) is 19.1. The zero-order chi connectivity index (χ0) is 25.7. The standard InChI is InChI=1S/C29H38FN3O4/c1-35-27(34)15-24(23-4-2-6-26(14-23)37-19-21-17-36-18-21)16-33-13-11-29(30,20-33)10-9-25-8-7-22-5-3-12-31-28(22)32-25/h2,4,6-8,14,21,24H,3,5,9-13,15-20H2,1H3,(H,31,32)/t24-,29+/m1/s1. The average Bonchev–Trinajstić information content (AvgIpc) is 3.26. The monoisotopic (exact) mass is 511 g/mol. The van der Waals surface area contributed by atoms with Gasteiger partial charge in [0.1, 0.15) is 17.2 Å². The number of esters is 1. The van der Waals surface area contributed by atoms with E-state index in [0.29, 0.717) is 51.4 Å². The van der Waals surface area contributed by atoms with Gasteiger partial charge in [-0.15, -0.1) is 0 Å². The van der Waals surface area contributed by atoms with E-state index in [9.17, 15) is 4.79 Å². The van der Waals surface area contributed by atoms with Gasteiger partial charge in [-0.05, 0) is 61.4 Å². The molecule has 3 aliphatic rings. The first-order valence-corrected chi connectivity index (χ1v) is 13.5. The number of benzene rings is 1. The highest BCUT2D eigenvalue weighted by atomic mass is 19.1. The summed E-state index contributed by atoms with van der Waals surface area (Å²) in [6.45, 7) is 4.69. The van der Waals surface area contributed by atoms with Crippen molar-refractivity contribution in [1.82, 2.24) is 9.88 Å². The van der Waals surface area contributed by atoms with Gasteiger partial charge in [0.2, 0.25) is 0 Å². The molecule has 0 saturated carbocycles. The minimum atomic E-state index is -1.25. The molecule has 0 unspecified atom stereocenters. The molecular weight excluding hydrogens is 473 g/mol. The van der Waals surface area contributed by atoms with Crippen LogP contribution in [0.5, 0.6) is 5.75 Å². The van der Waals surface area contributed by atoms with Gasteiger partial charge in [0.25, 0.3) is 0 Å². The number of rotatable bonds is 11. The summed E-state index contributed by atoms with van der Waals surface area (Å²) in [5.74, 6) is 1.82. The van der Waals surface area contributed by atoms with E-state index >= 15 is 4.39 Å². The fourth-order valence-electron chi connectivity index (χ4n) is 5.47. The zero-order valence-electron chi connectivity index (χ0n) is 21.7. The first kappa shape index (κ1) is 25.9. The highest BCUT2D eigenvalue weighted by Crippen LogP contribution is 2.34. The van der Waals surface area contributed by atoms with E-state index in [-0.39, 0.29) is 18.3 Å². The lowest BCUT2D eigenvalue weighted by atomic mass is 9.94. The Morgan fingerprint density at radius 3 is 3.03 bits per heavy atom. The lowest BCUT2D eigenvalue weighted by Gasteiger charge is -2.27. The Morgan fingerprint density at radius 1 is 1.32 bits per heavy atom. The van der Waals surface area contributed by atoms with Gasteiger partial charge in [0, 0.05) is 43.7 Å². The Bertz CT molecular complexity index is 1080. The van der Waals surface area contributed by atoms with Crippen molar-refractivity contribution in [2.45, 2.75) is 50.1 Å². The van der Waals surface area contributed by atoms with Crippen molar-refractivity contribution < 1.29 is 23.4 Å². The molecular formula is C29H38FN3O4. The first-order valence-electron chi connectivity index (χ1n) is 13.5.